The Bertz CT molecular complexity index is 1280. The molecule has 0 spiro atoms. The number of hydrogen-bond acceptors (Lipinski definition) is 6. The maximum Gasteiger partial charge on any atom is 0.306 e. The molecule has 0 fully saturated rings. The van der Waals surface area contributed by atoms with E-state index in [9.17, 15) is 14.4 Å². The van der Waals surface area contributed by atoms with E-state index in [-0.39, 0.29) is 31.1 Å². The van der Waals surface area contributed by atoms with Gasteiger partial charge in [-0.15, -0.1) is 0 Å². The van der Waals surface area contributed by atoms with Crippen molar-refractivity contribution in [2.24, 2.45) is 0 Å². The van der Waals surface area contributed by atoms with Crippen LogP contribution in [0.3, 0.4) is 0 Å². The van der Waals surface area contributed by atoms with Gasteiger partial charge in [0.2, 0.25) is 0 Å². The van der Waals surface area contributed by atoms with Crippen molar-refractivity contribution in [2.45, 2.75) is 200 Å². The lowest BCUT2D eigenvalue weighted by atomic mass is 10.1. The first-order valence-corrected chi connectivity index (χ1v) is 24.0. The van der Waals surface area contributed by atoms with Crippen LogP contribution in [0.15, 0.2) is 109 Å². The van der Waals surface area contributed by atoms with Crippen molar-refractivity contribution in [3.8, 4) is 0 Å². The highest BCUT2D eigenvalue weighted by atomic mass is 16.6. The molecule has 0 aliphatic heterocycles. The van der Waals surface area contributed by atoms with Crippen LogP contribution in [-0.4, -0.2) is 37.2 Å². The fourth-order valence-corrected chi connectivity index (χ4v) is 6.17. The Morgan fingerprint density at radius 2 is 0.733 bits per heavy atom. The van der Waals surface area contributed by atoms with E-state index in [1.807, 2.05) is 72.9 Å². The van der Waals surface area contributed by atoms with Gasteiger partial charge >= 0.3 is 17.9 Å². The zero-order valence-corrected chi connectivity index (χ0v) is 38.4. The van der Waals surface area contributed by atoms with Crippen LogP contribution in [0, 0.1) is 0 Å². The quantitative estimate of drug-likeness (QED) is 0.0201. The summed E-state index contributed by atoms with van der Waals surface area (Å²) in [5.41, 5.74) is 0. The third-order valence-corrected chi connectivity index (χ3v) is 9.72. The predicted molar refractivity (Wildman–Crippen MR) is 256 cm³/mol. The highest BCUT2D eigenvalue weighted by Gasteiger charge is 2.19. The van der Waals surface area contributed by atoms with Crippen LogP contribution in [-0.2, 0) is 28.6 Å². The van der Waals surface area contributed by atoms with E-state index in [0.29, 0.717) is 19.3 Å². The van der Waals surface area contributed by atoms with Crippen LogP contribution >= 0.6 is 0 Å². The van der Waals surface area contributed by atoms with Gasteiger partial charge in [0.1, 0.15) is 13.2 Å². The van der Waals surface area contributed by atoms with Crippen LogP contribution < -0.4 is 0 Å². The number of esters is 3. The second-order valence-corrected chi connectivity index (χ2v) is 15.4. The van der Waals surface area contributed by atoms with Crippen LogP contribution in [0.4, 0.5) is 0 Å². The summed E-state index contributed by atoms with van der Waals surface area (Å²) in [5, 5.41) is 0. The Kier molecular flexibility index (Phi) is 44.6. The van der Waals surface area contributed by atoms with Gasteiger partial charge in [0.15, 0.2) is 6.10 Å². The van der Waals surface area contributed by atoms with Gasteiger partial charge in [-0.2, -0.15) is 0 Å². The minimum absolute atomic E-state index is 0.0975. The lowest BCUT2D eigenvalue weighted by Gasteiger charge is -2.18. The summed E-state index contributed by atoms with van der Waals surface area (Å²) in [6.07, 6.45) is 63.5. The average molecular weight is 831 g/mol. The molecule has 1 unspecified atom stereocenters. The Morgan fingerprint density at radius 1 is 0.367 bits per heavy atom. The summed E-state index contributed by atoms with van der Waals surface area (Å²) in [7, 11) is 0. The van der Waals surface area contributed by atoms with E-state index in [4.69, 9.17) is 14.2 Å². The second-order valence-electron chi connectivity index (χ2n) is 15.4. The SMILES string of the molecule is CC\C=C/C=C\C=C/C=C\C=C\C=C/C=C\CCCCCC(=O)OCC(COC(=O)CCCCCCCCCCC)OC(=O)CCCCCCCCC/C=C\C/C=C\CC. The third-order valence-electron chi connectivity index (χ3n) is 9.72. The van der Waals surface area contributed by atoms with E-state index in [1.165, 1.54) is 64.2 Å². The molecule has 0 radical (unpaired) electrons. The highest BCUT2D eigenvalue weighted by Crippen LogP contribution is 2.13. The maximum absolute atomic E-state index is 12.7. The van der Waals surface area contributed by atoms with Crippen LogP contribution in [0.2, 0.25) is 0 Å². The molecule has 6 nitrogen and oxygen atoms in total. The van der Waals surface area contributed by atoms with Gasteiger partial charge in [0.25, 0.3) is 0 Å². The second kappa shape index (κ2) is 47.7. The molecule has 0 N–H and O–H groups in total. The monoisotopic (exact) mass is 831 g/mol. The largest absolute Gasteiger partial charge is 0.462 e. The first-order chi connectivity index (χ1) is 29.5. The molecule has 0 saturated heterocycles. The Balaban J connectivity index is 4.48. The van der Waals surface area contributed by atoms with Gasteiger partial charge < -0.3 is 14.2 Å². The van der Waals surface area contributed by atoms with Crippen molar-refractivity contribution < 1.29 is 28.6 Å². The molecule has 0 amide bonds. The van der Waals surface area contributed by atoms with Crippen molar-refractivity contribution in [3.05, 3.63) is 109 Å². The number of allylic oxidation sites excluding steroid dienone is 18. The zero-order valence-electron chi connectivity index (χ0n) is 38.4. The minimum atomic E-state index is -0.800. The summed E-state index contributed by atoms with van der Waals surface area (Å²) in [4.78, 5) is 37.8. The highest BCUT2D eigenvalue weighted by molar-refractivity contribution is 5.71. The van der Waals surface area contributed by atoms with Crippen molar-refractivity contribution in [1.29, 1.82) is 0 Å². The molecular weight excluding hydrogens is 745 g/mol. The number of carbonyl (C=O) groups excluding carboxylic acids is 3. The molecule has 338 valence electrons. The molecule has 0 aromatic carbocycles. The molecule has 0 saturated carbocycles. The van der Waals surface area contributed by atoms with Crippen LogP contribution in [0.25, 0.3) is 0 Å². The average Bonchev–Trinajstić information content (AvgIpc) is 3.24. The minimum Gasteiger partial charge on any atom is -0.462 e. The first-order valence-electron chi connectivity index (χ1n) is 24.0. The molecule has 0 aliphatic carbocycles. The molecule has 0 aromatic heterocycles. The lowest BCUT2D eigenvalue weighted by molar-refractivity contribution is -0.167. The number of hydrogen-bond donors (Lipinski definition) is 0. The topological polar surface area (TPSA) is 78.9 Å². The summed E-state index contributed by atoms with van der Waals surface area (Å²) in [6.45, 7) is 6.30. The first kappa shape index (κ1) is 56.1. The fourth-order valence-electron chi connectivity index (χ4n) is 6.17. The number of rotatable bonds is 41. The Hall–Kier alpha value is -3.93. The van der Waals surface area contributed by atoms with Gasteiger partial charge in [0, 0.05) is 19.3 Å². The molecule has 0 heterocycles. The van der Waals surface area contributed by atoms with E-state index in [0.717, 1.165) is 89.9 Å². The van der Waals surface area contributed by atoms with Crippen molar-refractivity contribution in [1.82, 2.24) is 0 Å². The molecule has 0 bridgehead atoms. The van der Waals surface area contributed by atoms with Gasteiger partial charge in [-0.05, 0) is 64.2 Å². The van der Waals surface area contributed by atoms with Crippen molar-refractivity contribution in [3.63, 3.8) is 0 Å². The summed E-state index contributed by atoms with van der Waals surface area (Å²) in [6, 6.07) is 0. The predicted octanol–water partition coefficient (Wildman–Crippen LogP) is 15.6. The van der Waals surface area contributed by atoms with Gasteiger partial charge in [-0.25, -0.2) is 0 Å². The Labute approximate surface area is 368 Å². The van der Waals surface area contributed by atoms with Gasteiger partial charge in [0.05, 0.1) is 0 Å². The van der Waals surface area contributed by atoms with Crippen molar-refractivity contribution in [2.75, 3.05) is 13.2 Å². The van der Waals surface area contributed by atoms with E-state index >= 15 is 0 Å². The molecule has 6 heteroatoms. The van der Waals surface area contributed by atoms with Gasteiger partial charge in [-0.1, -0.05) is 220 Å². The van der Waals surface area contributed by atoms with Crippen molar-refractivity contribution >= 4 is 17.9 Å². The normalized spacial score (nSPS) is 13.1. The zero-order chi connectivity index (χ0) is 43.7. The standard InChI is InChI=1S/C54H86O6/c1-4-7-10-13-16-19-21-23-25-26-27-28-29-31-32-35-38-41-44-47-53(56)59-50-51(49-58-52(55)46-43-40-37-34-18-15-12-9-6-3)60-54(57)48-45-42-39-36-33-30-24-22-20-17-14-11-8-5-2/h7-8,10-11,13,16-17,19-21,23,25-29,31-32,51H,4-6,9,12,14-15,18,22,24,30,33-50H2,1-3H3/b10-7-,11-8-,16-13-,20-17-,21-19-,25-23-,27-26+,29-28-,32-31-. The molecule has 0 aromatic rings. The number of ether oxygens (including phenoxy) is 3. The summed E-state index contributed by atoms with van der Waals surface area (Å²) in [5.74, 6) is -0.964. The molecule has 60 heavy (non-hydrogen) atoms. The summed E-state index contributed by atoms with van der Waals surface area (Å²) < 4.78 is 16.7. The Morgan fingerprint density at radius 3 is 1.22 bits per heavy atom. The molecule has 1 atom stereocenters. The smallest absolute Gasteiger partial charge is 0.306 e. The maximum atomic E-state index is 12.7. The van der Waals surface area contributed by atoms with E-state index in [1.54, 1.807) is 0 Å². The van der Waals surface area contributed by atoms with E-state index in [2.05, 4.69) is 57.2 Å². The van der Waals surface area contributed by atoms with Crippen LogP contribution in [0.5, 0.6) is 0 Å². The summed E-state index contributed by atoms with van der Waals surface area (Å²) >= 11 is 0. The molecule has 0 aliphatic rings. The molecule has 0 rings (SSSR count). The van der Waals surface area contributed by atoms with Gasteiger partial charge in [-0.3, -0.25) is 14.4 Å². The van der Waals surface area contributed by atoms with Crippen LogP contribution in [0.1, 0.15) is 194 Å². The number of carbonyl (C=O) groups is 3. The fraction of sp³-hybridized carbons (Fsp3) is 0.611. The lowest BCUT2D eigenvalue weighted by Crippen LogP contribution is -2.30. The number of unbranched alkanes of at least 4 members (excludes halogenated alkanes) is 18. The molecular formula is C54H86O6. The third kappa shape index (κ3) is 45.2. The van der Waals surface area contributed by atoms with E-state index < -0.39 is 6.10 Å².